The number of hydrogen-bond donors (Lipinski definition) is 0. The number of halogens is 1. The maximum atomic E-state index is 13.1. The van der Waals surface area contributed by atoms with Crippen LogP contribution in [0.1, 0.15) is 26.2 Å². The molecule has 2 aliphatic heterocycles. The fourth-order valence-corrected chi connectivity index (χ4v) is 4.42. The third kappa shape index (κ3) is 3.75. The van der Waals surface area contributed by atoms with Gasteiger partial charge in [0, 0.05) is 45.5 Å². The second kappa shape index (κ2) is 8.02. The lowest BCUT2D eigenvalue weighted by Gasteiger charge is -2.39. The summed E-state index contributed by atoms with van der Waals surface area (Å²) in [5.41, 5.74) is 0.662. The number of hydrogen-bond acceptors (Lipinski definition) is 5. The highest BCUT2D eigenvalue weighted by Crippen LogP contribution is 2.26. The Kier molecular flexibility index (Phi) is 5.50. The number of rotatable bonds is 4. The first-order valence-electron chi connectivity index (χ1n) is 9.92. The summed E-state index contributed by atoms with van der Waals surface area (Å²) in [5, 5.41) is 9.15. The molecular weight excluding hydrogens is 364 g/mol. The van der Waals surface area contributed by atoms with E-state index in [-0.39, 0.29) is 5.92 Å². The van der Waals surface area contributed by atoms with E-state index in [2.05, 4.69) is 31.8 Å². The van der Waals surface area contributed by atoms with Crippen LogP contribution in [0.4, 0.5) is 5.95 Å². The number of nitrogens with zero attached hydrogens (tertiary/aromatic N) is 6. The number of carbonyl (C=O) groups is 1. The minimum Gasteiger partial charge on any atom is -0.340 e. The van der Waals surface area contributed by atoms with Crippen molar-refractivity contribution in [1.82, 2.24) is 24.4 Å². The lowest BCUT2D eigenvalue weighted by Crippen LogP contribution is -2.52. The summed E-state index contributed by atoms with van der Waals surface area (Å²) in [6.07, 6.45) is 5.03. The van der Waals surface area contributed by atoms with Crippen LogP contribution in [-0.4, -0.2) is 76.1 Å². The minimum absolute atomic E-state index is 0.0306. The van der Waals surface area contributed by atoms with Gasteiger partial charge in [0.15, 0.2) is 5.65 Å². The van der Waals surface area contributed by atoms with E-state index in [1.165, 1.54) is 6.42 Å². The van der Waals surface area contributed by atoms with Crippen LogP contribution in [0, 0.1) is 5.92 Å². The highest BCUT2D eigenvalue weighted by atomic mass is 35.5. The number of aromatic nitrogens is 3. The highest BCUT2D eigenvalue weighted by molar-refractivity contribution is 6.33. The van der Waals surface area contributed by atoms with Crippen molar-refractivity contribution in [2.45, 2.75) is 26.2 Å². The van der Waals surface area contributed by atoms with Crippen LogP contribution in [0.5, 0.6) is 0 Å². The first-order chi connectivity index (χ1) is 13.2. The van der Waals surface area contributed by atoms with Gasteiger partial charge in [-0.25, -0.2) is 0 Å². The second-order valence-electron chi connectivity index (χ2n) is 7.50. The molecule has 7 nitrogen and oxygen atoms in total. The first-order valence-corrected chi connectivity index (χ1v) is 10.3. The molecule has 0 aliphatic carbocycles. The molecule has 27 heavy (non-hydrogen) atoms. The van der Waals surface area contributed by atoms with E-state index < -0.39 is 0 Å². The van der Waals surface area contributed by atoms with Crippen molar-refractivity contribution >= 4 is 29.1 Å². The van der Waals surface area contributed by atoms with Crippen LogP contribution in [0.2, 0.25) is 5.02 Å². The monoisotopic (exact) mass is 390 g/mol. The number of piperidine rings is 1. The van der Waals surface area contributed by atoms with Crippen LogP contribution < -0.4 is 4.90 Å². The van der Waals surface area contributed by atoms with E-state index in [1.807, 2.05) is 22.7 Å². The predicted octanol–water partition coefficient (Wildman–Crippen LogP) is 2.15. The fourth-order valence-electron chi connectivity index (χ4n) is 4.21. The molecule has 8 heteroatoms. The van der Waals surface area contributed by atoms with Crippen LogP contribution in [0.15, 0.2) is 18.3 Å². The Balaban J connectivity index is 1.43. The van der Waals surface area contributed by atoms with Crippen LogP contribution in [0.3, 0.4) is 0 Å². The SMILES string of the molecule is CCCN1CCN(C(=O)C2CCCN(c3nnc4c(Cl)cccn34)C2)CC1. The number of anilines is 1. The standard InChI is InChI=1S/C19H27ClN6O/c1-2-7-23-10-12-24(13-11-23)18(27)15-5-3-8-25(14-15)19-22-21-17-16(20)6-4-9-26(17)19/h4,6,9,15H,2-3,5,7-8,10-14H2,1H3. The summed E-state index contributed by atoms with van der Waals surface area (Å²) in [7, 11) is 0. The van der Waals surface area contributed by atoms with E-state index in [0.29, 0.717) is 23.1 Å². The molecule has 0 aromatic carbocycles. The third-order valence-corrected chi connectivity index (χ3v) is 5.94. The van der Waals surface area contributed by atoms with Crippen molar-refractivity contribution in [3.63, 3.8) is 0 Å². The van der Waals surface area contributed by atoms with Gasteiger partial charge in [-0.15, -0.1) is 10.2 Å². The average molecular weight is 391 g/mol. The zero-order valence-corrected chi connectivity index (χ0v) is 16.6. The normalized spacial score (nSPS) is 21.8. The maximum absolute atomic E-state index is 13.1. The molecule has 2 aromatic rings. The summed E-state index contributed by atoms with van der Waals surface area (Å²) in [5.74, 6) is 1.10. The molecule has 1 amide bonds. The van der Waals surface area contributed by atoms with E-state index in [0.717, 1.165) is 58.1 Å². The Labute approximate surface area is 164 Å². The zero-order valence-electron chi connectivity index (χ0n) is 15.8. The Morgan fingerprint density at radius 1 is 1.22 bits per heavy atom. The largest absolute Gasteiger partial charge is 0.340 e. The Bertz CT molecular complexity index is 801. The molecule has 4 heterocycles. The van der Waals surface area contributed by atoms with Crippen molar-refractivity contribution in [3.05, 3.63) is 23.4 Å². The van der Waals surface area contributed by atoms with Gasteiger partial charge < -0.3 is 9.80 Å². The van der Waals surface area contributed by atoms with E-state index in [4.69, 9.17) is 11.6 Å². The molecule has 4 rings (SSSR count). The van der Waals surface area contributed by atoms with Gasteiger partial charge in [0.25, 0.3) is 0 Å². The van der Waals surface area contributed by atoms with Crippen LogP contribution in [-0.2, 0) is 4.79 Å². The quantitative estimate of drug-likeness (QED) is 0.800. The van der Waals surface area contributed by atoms with Crippen molar-refractivity contribution in [2.24, 2.45) is 5.92 Å². The second-order valence-corrected chi connectivity index (χ2v) is 7.91. The van der Waals surface area contributed by atoms with Gasteiger partial charge in [0.05, 0.1) is 10.9 Å². The van der Waals surface area contributed by atoms with E-state index in [9.17, 15) is 4.79 Å². The molecule has 0 N–H and O–H groups in total. The molecule has 2 fully saturated rings. The van der Waals surface area contributed by atoms with E-state index in [1.54, 1.807) is 0 Å². The minimum atomic E-state index is 0.0306. The topological polar surface area (TPSA) is 57.0 Å². The maximum Gasteiger partial charge on any atom is 0.231 e. The fraction of sp³-hybridized carbons (Fsp3) is 0.632. The molecule has 146 valence electrons. The van der Waals surface area contributed by atoms with Crippen molar-refractivity contribution in [2.75, 3.05) is 50.7 Å². The average Bonchev–Trinajstić information content (AvgIpc) is 3.14. The predicted molar refractivity (Wildman–Crippen MR) is 106 cm³/mol. The molecule has 1 atom stereocenters. The summed E-state index contributed by atoms with van der Waals surface area (Å²) in [6, 6.07) is 3.71. The lowest BCUT2D eigenvalue weighted by molar-refractivity contribution is -0.137. The Morgan fingerprint density at radius 2 is 2.04 bits per heavy atom. The molecule has 2 aromatic heterocycles. The molecule has 0 bridgehead atoms. The molecule has 1 unspecified atom stereocenters. The van der Waals surface area contributed by atoms with Crippen molar-refractivity contribution in [1.29, 1.82) is 0 Å². The summed E-state index contributed by atoms with van der Waals surface area (Å²) in [4.78, 5) is 19.7. The van der Waals surface area contributed by atoms with Crippen LogP contribution >= 0.6 is 11.6 Å². The van der Waals surface area contributed by atoms with Gasteiger partial charge in [-0.3, -0.25) is 14.1 Å². The third-order valence-electron chi connectivity index (χ3n) is 5.65. The number of amides is 1. The molecular formula is C19H27ClN6O. The molecule has 2 saturated heterocycles. The molecule has 0 radical (unpaired) electrons. The molecule has 0 spiro atoms. The first kappa shape index (κ1) is 18.5. The van der Waals surface area contributed by atoms with Gasteiger partial charge in [-0.05, 0) is 37.9 Å². The molecule has 0 saturated carbocycles. The van der Waals surface area contributed by atoms with Gasteiger partial charge in [-0.2, -0.15) is 0 Å². The number of pyridine rings is 1. The summed E-state index contributed by atoms with van der Waals surface area (Å²) in [6.45, 7) is 8.59. The van der Waals surface area contributed by atoms with E-state index >= 15 is 0 Å². The summed E-state index contributed by atoms with van der Waals surface area (Å²) < 4.78 is 1.92. The van der Waals surface area contributed by atoms with Gasteiger partial charge in [-0.1, -0.05) is 18.5 Å². The Morgan fingerprint density at radius 3 is 2.81 bits per heavy atom. The zero-order chi connectivity index (χ0) is 18.8. The van der Waals surface area contributed by atoms with Crippen LogP contribution in [0.25, 0.3) is 5.65 Å². The molecule has 2 aliphatic rings. The Hall–Kier alpha value is -1.86. The lowest BCUT2D eigenvalue weighted by atomic mass is 9.96. The van der Waals surface area contributed by atoms with Gasteiger partial charge in [0.2, 0.25) is 11.9 Å². The van der Waals surface area contributed by atoms with Crippen molar-refractivity contribution < 1.29 is 4.79 Å². The number of piperazine rings is 1. The smallest absolute Gasteiger partial charge is 0.231 e. The summed E-state index contributed by atoms with van der Waals surface area (Å²) >= 11 is 6.22. The number of fused-ring (bicyclic) bond motifs is 1. The van der Waals surface area contributed by atoms with Gasteiger partial charge in [0.1, 0.15) is 0 Å². The highest BCUT2D eigenvalue weighted by Gasteiger charge is 2.32. The van der Waals surface area contributed by atoms with Gasteiger partial charge >= 0.3 is 0 Å². The van der Waals surface area contributed by atoms with Crippen molar-refractivity contribution in [3.8, 4) is 0 Å². The number of carbonyl (C=O) groups excluding carboxylic acids is 1.